The molecule has 0 aromatic heterocycles. The molecule has 0 bridgehead atoms. The number of para-hydroxylation sites is 1. The van der Waals surface area contributed by atoms with Crippen LogP contribution >= 0.6 is 0 Å². The summed E-state index contributed by atoms with van der Waals surface area (Å²) in [6.07, 6.45) is 13.3. The predicted octanol–water partition coefficient (Wildman–Crippen LogP) is 16.2. The number of hydrogen-bond donors (Lipinski definition) is 0. The molecular formula is C61H59N. The van der Waals surface area contributed by atoms with Gasteiger partial charge in [0.15, 0.2) is 0 Å². The van der Waals surface area contributed by atoms with Gasteiger partial charge in [-0.2, -0.15) is 0 Å². The molecule has 62 heavy (non-hydrogen) atoms. The molecule has 1 aliphatic heterocycles. The SMILES string of the molecule is CC1c2ccccc2-c2ccccc21.CN1c2ccccc2C=CC2C=CC=CC21.Cc1ccc(-c2ccccc2)cc1.Cc1cccc(C)c1.Cc1cccc2ccccc12. The Morgan fingerprint density at radius 2 is 0.984 bits per heavy atom. The molecule has 3 aliphatic rings. The van der Waals surface area contributed by atoms with Crippen LogP contribution in [0.4, 0.5) is 5.69 Å². The summed E-state index contributed by atoms with van der Waals surface area (Å²) >= 11 is 0. The minimum absolute atomic E-state index is 0.449. The Morgan fingerprint density at radius 1 is 0.435 bits per heavy atom. The van der Waals surface area contributed by atoms with Gasteiger partial charge in [0.2, 0.25) is 0 Å². The van der Waals surface area contributed by atoms with Gasteiger partial charge in [0.1, 0.15) is 0 Å². The summed E-state index contributed by atoms with van der Waals surface area (Å²) < 4.78 is 0. The molecule has 2 unspecified atom stereocenters. The van der Waals surface area contributed by atoms with E-state index in [2.05, 4.69) is 271 Å². The zero-order chi connectivity index (χ0) is 43.3. The van der Waals surface area contributed by atoms with Gasteiger partial charge in [-0.1, -0.05) is 248 Å². The third-order valence-electron chi connectivity index (χ3n) is 11.9. The van der Waals surface area contributed by atoms with Crippen molar-refractivity contribution in [1.82, 2.24) is 0 Å². The second-order valence-electron chi connectivity index (χ2n) is 16.4. The molecule has 0 saturated carbocycles. The lowest BCUT2D eigenvalue weighted by atomic mass is 9.94. The Morgan fingerprint density at radius 3 is 1.65 bits per heavy atom. The van der Waals surface area contributed by atoms with Gasteiger partial charge in [0.05, 0.1) is 6.04 Å². The Kier molecular flexibility index (Phi) is 14.6. The molecular weight excluding hydrogens is 747 g/mol. The molecule has 2 atom stereocenters. The highest BCUT2D eigenvalue weighted by Crippen LogP contribution is 2.44. The molecule has 8 aromatic rings. The van der Waals surface area contributed by atoms with Crippen molar-refractivity contribution in [2.24, 2.45) is 5.92 Å². The second-order valence-corrected chi connectivity index (χ2v) is 16.4. The number of anilines is 1. The molecule has 0 saturated heterocycles. The van der Waals surface area contributed by atoms with E-state index in [-0.39, 0.29) is 0 Å². The maximum absolute atomic E-state index is 2.36. The van der Waals surface area contributed by atoms with Crippen LogP contribution in [0.1, 0.15) is 51.8 Å². The van der Waals surface area contributed by atoms with Crippen molar-refractivity contribution in [3.63, 3.8) is 0 Å². The molecule has 1 nitrogen and oxygen atoms in total. The molecule has 8 aromatic carbocycles. The molecule has 2 aliphatic carbocycles. The minimum atomic E-state index is 0.449. The number of likely N-dealkylation sites (N-methyl/N-ethyl adjacent to an activating group) is 1. The van der Waals surface area contributed by atoms with Gasteiger partial charge in [-0.05, 0) is 89.0 Å². The average Bonchev–Trinajstić information content (AvgIpc) is 3.52. The first kappa shape index (κ1) is 43.1. The third kappa shape index (κ3) is 10.9. The predicted molar refractivity (Wildman–Crippen MR) is 270 cm³/mol. The molecule has 1 heteroatoms. The summed E-state index contributed by atoms with van der Waals surface area (Å²) in [5.41, 5.74) is 16.3. The Labute approximate surface area is 371 Å². The summed E-state index contributed by atoms with van der Waals surface area (Å²) in [6.45, 7) is 10.7. The zero-order valence-electron chi connectivity index (χ0n) is 37.1. The normalized spacial score (nSPS) is 15.0. The maximum Gasteiger partial charge on any atom is 0.0570 e. The van der Waals surface area contributed by atoms with E-state index in [4.69, 9.17) is 0 Å². The summed E-state index contributed by atoms with van der Waals surface area (Å²) in [7, 11) is 2.17. The first-order chi connectivity index (χ1) is 30.3. The van der Waals surface area contributed by atoms with Crippen LogP contribution in [0, 0.1) is 33.6 Å². The van der Waals surface area contributed by atoms with Crippen LogP contribution in [0.3, 0.4) is 0 Å². The van der Waals surface area contributed by atoms with Crippen molar-refractivity contribution in [2.75, 3.05) is 11.9 Å². The molecule has 0 N–H and O–H groups in total. The molecule has 0 spiro atoms. The highest BCUT2D eigenvalue weighted by Gasteiger charge is 2.25. The van der Waals surface area contributed by atoms with Crippen molar-refractivity contribution in [3.05, 3.63) is 263 Å². The van der Waals surface area contributed by atoms with Crippen molar-refractivity contribution >= 4 is 22.5 Å². The number of allylic oxidation sites excluding steroid dienone is 2. The van der Waals surface area contributed by atoms with Gasteiger partial charge in [-0.15, -0.1) is 0 Å². The van der Waals surface area contributed by atoms with Gasteiger partial charge < -0.3 is 4.90 Å². The summed E-state index contributed by atoms with van der Waals surface area (Å²) in [5, 5.41) is 2.68. The van der Waals surface area contributed by atoms with Crippen LogP contribution in [0.25, 0.3) is 39.1 Å². The highest BCUT2D eigenvalue weighted by molar-refractivity contribution is 5.85. The second kappa shape index (κ2) is 21.0. The smallest absolute Gasteiger partial charge is 0.0570 e. The number of benzene rings is 8. The number of rotatable bonds is 1. The molecule has 0 amide bonds. The van der Waals surface area contributed by atoms with E-state index in [1.165, 1.54) is 77.7 Å². The lowest BCUT2D eigenvalue weighted by molar-refractivity contribution is 0.648. The first-order valence-corrected chi connectivity index (χ1v) is 21.9. The van der Waals surface area contributed by atoms with E-state index in [1.807, 2.05) is 6.07 Å². The number of hydrogen-bond acceptors (Lipinski definition) is 1. The van der Waals surface area contributed by atoms with Gasteiger partial charge in [0.25, 0.3) is 0 Å². The van der Waals surface area contributed by atoms with E-state index < -0.39 is 0 Å². The molecule has 0 fully saturated rings. The van der Waals surface area contributed by atoms with Crippen LogP contribution in [-0.2, 0) is 0 Å². The van der Waals surface area contributed by atoms with Crippen LogP contribution in [-0.4, -0.2) is 13.1 Å². The number of nitrogens with zero attached hydrogens (tertiary/aromatic N) is 1. The van der Waals surface area contributed by atoms with E-state index in [0.29, 0.717) is 17.9 Å². The molecule has 1 heterocycles. The third-order valence-corrected chi connectivity index (χ3v) is 11.9. The average molecular weight is 806 g/mol. The van der Waals surface area contributed by atoms with E-state index in [0.717, 1.165) is 0 Å². The Balaban J connectivity index is 0.000000118. The number of fused-ring (bicyclic) bond motifs is 6. The zero-order valence-corrected chi connectivity index (χ0v) is 37.1. The van der Waals surface area contributed by atoms with Gasteiger partial charge in [-0.3, -0.25) is 0 Å². The fraction of sp³-hybridized carbons (Fsp3) is 0.148. The molecule has 11 rings (SSSR count). The van der Waals surface area contributed by atoms with Crippen LogP contribution in [0.15, 0.2) is 225 Å². The van der Waals surface area contributed by atoms with Gasteiger partial charge in [0, 0.05) is 24.6 Å². The van der Waals surface area contributed by atoms with E-state index in [9.17, 15) is 0 Å². The van der Waals surface area contributed by atoms with Gasteiger partial charge >= 0.3 is 0 Å². The van der Waals surface area contributed by atoms with E-state index in [1.54, 1.807) is 0 Å². The Bertz CT molecular complexity index is 2700. The van der Waals surface area contributed by atoms with Crippen LogP contribution < -0.4 is 4.90 Å². The number of aryl methyl sites for hydroxylation is 4. The highest BCUT2D eigenvalue weighted by atomic mass is 15.1. The summed E-state index contributed by atoms with van der Waals surface area (Å²) in [6, 6.07) is 68.7. The van der Waals surface area contributed by atoms with Crippen LogP contribution in [0.2, 0.25) is 0 Å². The topological polar surface area (TPSA) is 3.24 Å². The molecule has 0 radical (unpaired) electrons. The lowest BCUT2D eigenvalue weighted by Crippen LogP contribution is -2.35. The lowest BCUT2D eigenvalue weighted by Gasteiger charge is -2.31. The Hall–Kier alpha value is -6.96. The maximum atomic E-state index is 2.36. The minimum Gasteiger partial charge on any atom is -0.367 e. The fourth-order valence-corrected chi connectivity index (χ4v) is 8.48. The fourth-order valence-electron chi connectivity index (χ4n) is 8.48. The van der Waals surface area contributed by atoms with Gasteiger partial charge in [-0.25, -0.2) is 0 Å². The van der Waals surface area contributed by atoms with Crippen molar-refractivity contribution in [2.45, 2.75) is 46.6 Å². The summed E-state index contributed by atoms with van der Waals surface area (Å²) in [4.78, 5) is 2.36. The van der Waals surface area contributed by atoms with Crippen molar-refractivity contribution in [3.8, 4) is 22.3 Å². The standard InChI is InChI=1S/C15H15N.C14H12.C13H12.C11H10.C8H10/c1-16-14-8-4-2-6-12(14)10-11-13-7-3-5-9-15(13)16;1-10-11-6-2-4-8-13(11)14-9-5-3-7-12(10)14;1-11-7-9-13(10-8-11)12-5-3-2-4-6-12;1-9-5-4-7-10-6-2-3-8-11(9)10;1-7-4-3-5-8(2)6-7/h2-12,14H,1H3;2-10H,1H3;2-10H,1H3;2-8H,1H3;3-6H,1-2H3. The van der Waals surface area contributed by atoms with Crippen LogP contribution in [0.5, 0.6) is 0 Å². The summed E-state index contributed by atoms with van der Waals surface area (Å²) in [5.74, 6) is 1.05. The van der Waals surface area contributed by atoms with E-state index >= 15 is 0 Å². The first-order valence-electron chi connectivity index (χ1n) is 21.9. The monoisotopic (exact) mass is 805 g/mol. The van der Waals surface area contributed by atoms with Crippen molar-refractivity contribution in [1.29, 1.82) is 0 Å². The molecule has 308 valence electrons. The van der Waals surface area contributed by atoms with Crippen molar-refractivity contribution < 1.29 is 0 Å². The quantitative estimate of drug-likeness (QED) is 0.160. The largest absolute Gasteiger partial charge is 0.367 e.